The number of aromatic nitrogens is 2. The monoisotopic (exact) mass is 412 g/mol. The molecule has 1 aromatic carbocycles. The predicted molar refractivity (Wildman–Crippen MR) is 121 cm³/mol. The number of piperidine rings is 1. The van der Waals surface area contributed by atoms with E-state index in [2.05, 4.69) is 48.7 Å². The van der Waals surface area contributed by atoms with Crippen LogP contribution in [0.25, 0.3) is 0 Å². The van der Waals surface area contributed by atoms with Crippen LogP contribution in [0.3, 0.4) is 0 Å². The third-order valence-corrected chi connectivity index (χ3v) is 7.64. The zero-order chi connectivity index (χ0) is 21.3. The average Bonchev–Trinajstić information content (AvgIpc) is 3.38. The molecule has 4 rings (SSSR count). The van der Waals surface area contributed by atoms with Gasteiger partial charge in [-0.3, -0.25) is 4.68 Å². The maximum Gasteiger partial charge on any atom is 0.123 e. The summed E-state index contributed by atoms with van der Waals surface area (Å²) >= 11 is 0. The van der Waals surface area contributed by atoms with Gasteiger partial charge in [-0.15, -0.1) is 0 Å². The Morgan fingerprint density at radius 2 is 1.97 bits per heavy atom. The highest BCUT2D eigenvalue weighted by molar-refractivity contribution is 5.30. The Morgan fingerprint density at radius 3 is 2.63 bits per heavy atom. The van der Waals surface area contributed by atoms with Gasteiger partial charge in [-0.1, -0.05) is 19.1 Å². The summed E-state index contributed by atoms with van der Waals surface area (Å²) in [6, 6.07) is 7.71. The van der Waals surface area contributed by atoms with E-state index in [4.69, 9.17) is 5.10 Å². The summed E-state index contributed by atoms with van der Waals surface area (Å²) in [6.07, 6.45) is 3.43. The van der Waals surface area contributed by atoms with Gasteiger partial charge in [-0.05, 0) is 88.2 Å². The number of nitrogens with one attached hydrogen (secondary N) is 1. The normalized spacial score (nSPS) is 24.4. The lowest BCUT2D eigenvalue weighted by Crippen LogP contribution is -2.45. The standard InChI is InChI=1S/C25H37FN4/c1-5-24-25(18(4)30(6-2)28-24)19-10-12-29(13-11-19)17(3)22-15-27-16-23(22)20-8-7-9-21(26)14-20/h7-9,14,17,19,22-23,27H,5-6,10-13,15-16H2,1-4H3/t17-,22-,23-/m1/s1. The van der Waals surface area contributed by atoms with Crippen molar-refractivity contribution in [3.63, 3.8) is 0 Å². The molecule has 1 aromatic heterocycles. The molecule has 0 amide bonds. The molecule has 0 radical (unpaired) electrons. The van der Waals surface area contributed by atoms with Crippen molar-refractivity contribution in [1.82, 2.24) is 20.0 Å². The van der Waals surface area contributed by atoms with Gasteiger partial charge in [0.2, 0.25) is 0 Å². The van der Waals surface area contributed by atoms with Crippen LogP contribution in [-0.4, -0.2) is 46.9 Å². The Hall–Kier alpha value is -1.72. The molecular weight excluding hydrogens is 375 g/mol. The largest absolute Gasteiger partial charge is 0.316 e. The molecule has 0 unspecified atom stereocenters. The van der Waals surface area contributed by atoms with Crippen molar-refractivity contribution >= 4 is 0 Å². The van der Waals surface area contributed by atoms with Crippen LogP contribution in [0.2, 0.25) is 0 Å². The van der Waals surface area contributed by atoms with Crippen molar-refractivity contribution in [3.05, 3.63) is 52.6 Å². The molecule has 1 N–H and O–H groups in total. The summed E-state index contributed by atoms with van der Waals surface area (Å²) in [5.74, 6) is 1.43. The van der Waals surface area contributed by atoms with Crippen LogP contribution in [0.4, 0.5) is 4.39 Å². The summed E-state index contributed by atoms with van der Waals surface area (Å²) in [6.45, 7) is 14.2. The van der Waals surface area contributed by atoms with E-state index in [-0.39, 0.29) is 5.82 Å². The predicted octanol–water partition coefficient (Wildman–Crippen LogP) is 4.48. The number of nitrogens with zero attached hydrogens (tertiary/aromatic N) is 3. The Bertz CT molecular complexity index is 853. The van der Waals surface area contributed by atoms with Crippen LogP contribution >= 0.6 is 0 Å². The molecule has 0 aliphatic carbocycles. The van der Waals surface area contributed by atoms with Gasteiger partial charge in [0, 0.05) is 37.3 Å². The number of likely N-dealkylation sites (tertiary alicyclic amines) is 1. The number of hydrogen-bond donors (Lipinski definition) is 1. The molecule has 0 spiro atoms. The molecule has 30 heavy (non-hydrogen) atoms. The molecule has 3 heterocycles. The highest BCUT2D eigenvalue weighted by atomic mass is 19.1. The Kier molecular flexibility index (Phi) is 6.59. The highest BCUT2D eigenvalue weighted by Gasteiger charge is 2.37. The minimum Gasteiger partial charge on any atom is -0.316 e. The van der Waals surface area contributed by atoms with Gasteiger partial charge in [-0.2, -0.15) is 5.10 Å². The van der Waals surface area contributed by atoms with Gasteiger partial charge < -0.3 is 10.2 Å². The third kappa shape index (κ3) is 4.06. The van der Waals surface area contributed by atoms with Crippen molar-refractivity contribution in [3.8, 4) is 0 Å². The molecule has 4 nitrogen and oxygen atoms in total. The van der Waals surface area contributed by atoms with Crippen molar-refractivity contribution < 1.29 is 4.39 Å². The van der Waals surface area contributed by atoms with Crippen molar-refractivity contribution in [2.45, 2.75) is 71.4 Å². The summed E-state index contributed by atoms with van der Waals surface area (Å²) in [7, 11) is 0. The third-order valence-electron chi connectivity index (χ3n) is 7.64. The molecule has 0 bridgehead atoms. The smallest absolute Gasteiger partial charge is 0.123 e. The Labute approximate surface area is 180 Å². The number of benzene rings is 1. The second kappa shape index (κ2) is 9.19. The van der Waals surface area contributed by atoms with E-state index >= 15 is 0 Å². The lowest BCUT2D eigenvalue weighted by atomic mass is 9.82. The second-order valence-corrected chi connectivity index (χ2v) is 9.15. The van der Waals surface area contributed by atoms with Crippen LogP contribution in [0, 0.1) is 18.7 Å². The summed E-state index contributed by atoms with van der Waals surface area (Å²) in [4.78, 5) is 2.67. The fourth-order valence-corrected chi connectivity index (χ4v) is 5.90. The van der Waals surface area contributed by atoms with E-state index in [1.165, 1.54) is 29.8 Å². The first kappa shape index (κ1) is 21.5. The van der Waals surface area contributed by atoms with Crippen molar-refractivity contribution in [1.29, 1.82) is 0 Å². The number of halogens is 1. The van der Waals surface area contributed by atoms with Crippen molar-refractivity contribution in [2.24, 2.45) is 5.92 Å². The van der Waals surface area contributed by atoms with Crippen LogP contribution in [-0.2, 0) is 13.0 Å². The van der Waals surface area contributed by atoms with Gasteiger partial charge in [0.1, 0.15) is 5.82 Å². The Morgan fingerprint density at radius 1 is 1.20 bits per heavy atom. The molecule has 3 atom stereocenters. The second-order valence-electron chi connectivity index (χ2n) is 9.15. The number of hydrogen-bond acceptors (Lipinski definition) is 3. The molecule has 2 aromatic rings. The van der Waals surface area contributed by atoms with E-state index < -0.39 is 0 Å². The Balaban J connectivity index is 1.43. The quantitative estimate of drug-likeness (QED) is 0.759. The fourth-order valence-electron chi connectivity index (χ4n) is 5.90. The summed E-state index contributed by atoms with van der Waals surface area (Å²) in [5, 5.41) is 8.42. The topological polar surface area (TPSA) is 33.1 Å². The maximum absolute atomic E-state index is 13.8. The van der Waals surface area contributed by atoms with Crippen LogP contribution in [0.15, 0.2) is 24.3 Å². The van der Waals surface area contributed by atoms with E-state index in [1.807, 2.05) is 6.07 Å². The van der Waals surface area contributed by atoms with E-state index in [9.17, 15) is 4.39 Å². The fraction of sp³-hybridized carbons (Fsp3) is 0.640. The molecule has 2 aliphatic rings. The average molecular weight is 413 g/mol. The molecule has 5 heteroatoms. The number of aryl methyl sites for hydroxylation is 2. The van der Waals surface area contributed by atoms with Gasteiger partial charge in [0.25, 0.3) is 0 Å². The van der Waals surface area contributed by atoms with Crippen LogP contribution in [0.5, 0.6) is 0 Å². The first-order valence-electron chi connectivity index (χ1n) is 11.8. The minimum atomic E-state index is -0.124. The van der Waals surface area contributed by atoms with Gasteiger partial charge in [0.05, 0.1) is 5.69 Å². The molecular formula is C25H37FN4. The minimum absolute atomic E-state index is 0.124. The molecule has 164 valence electrons. The zero-order valence-corrected chi connectivity index (χ0v) is 19.0. The number of rotatable bonds is 6. The first-order valence-corrected chi connectivity index (χ1v) is 11.8. The van der Waals surface area contributed by atoms with Crippen LogP contribution in [0.1, 0.15) is 68.0 Å². The van der Waals surface area contributed by atoms with E-state index in [0.717, 1.165) is 44.7 Å². The SMILES string of the molecule is CCc1nn(CC)c(C)c1C1CCN([C@H](C)[C@H]2CNC[C@@H]2c2cccc(F)c2)CC1. The van der Waals surface area contributed by atoms with Crippen molar-refractivity contribution in [2.75, 3.05) is 26.2 Å². The van der Waals surface area contributed by atoms with E-state index in [1.54, 1.807) is 12.1 Å². The lowest BCUT2D eigenvalue weighted by Gasteiger charge is -2.40. The highest BCUT2D eigenvalue weighted by Crippen LogP contribution is 2.37. The molecule has 2 saturated heterocycles. The first-order chi connectivity index (χ1) is 14.5. The molecule has 2 fully saturated rings. The zero-order valence-electron chi connectivity index (χ0n) is 19.0. The maximum atomic E-state index is 13.8. The molecule has 0 saturated carbocycles. The lowest BCUT2D eigenvalue weighted by molar-refractivity contribution is 0.119. The van der Waals surface area contributed by atoms with Crippen LogP contribution < -0.4 is 5.32 Å². The summed E-state index contributed by atoms with van der Waals surface area (Å²) in [5.41, 5.74) is 5.33. The van der Waals surface area contributed by atoms with Gasteiger partial charge in [0.15, 0.2) is 0 Å². The summed E-state index contributed by atoms with van der Waals surface area (Å²) < 4.78 is 16.0. The van der Waals surface area contributed by atoms with Gasteiger partial charge in [-0.25, -0.2) is 4.39 Å². The van der Waals surface area contributed by atoms with E-state index in [0.29, 0.717) is 23.8 Å². The van der Waals surface area contributed by atoms with Gasteiger partial charge >= 0.3 is 0 Å². The molecule has 2 aliphatic heterocycles.